The molecule has 0 aliphatic rings. The number of thiazole rings is 1. The first-order valence-electron chi connectivity index (χ1n) is 14.8. The lowest BCUT2D eigenvalue weighted by Gasteiger charge is -2.37. The first-order chi connectivity index (χ1) is 23.1. The van der Waals surface area contributed by atoms with Crippen LogP contribution in [-0.2, 0) is 5.54 Å². The van der Waals surface area contributed by atoms with E-state index in [1.54, 1.807) is 29.9 Å². The van der Waals surface area contributed by atoms with E-state index in [0.29, 0.717) is 0 Å². The zero-order valence-electron chi connectivity index (χ0n) is 25.4. The molecule has 0 amide bonds. The Bertz CT molecular complexity index is 1990. The summed E-state index contributed by atoms with van der Waals surface area (Å²) in [6.45, 7) is 1.95. The second kappa shape index (κ2) is 15.3. The van der Waals surface area contributed by atoms with Gasteiger partial charge < -0.3 is 4.57 Å². The third kappa shape index (κ3) is 7.35. The number of imidazole rings is 1. The van der Waals surface area contributed by atoms with Crippen molar-refractivity contribution >= 4 is 56.4 Å². The van der Waals surface area contributed by atoms with Gasteiger partial charge in [-0.1, -0.05) is 103 Å². The van der Waals surface area contributed by atoms with Gasteiger partial charge in [0.05, 0.1) is 17.7 Å². The molecular weight excluding hydrogens is 735 g/mol. The second-order valence-electron chi connectivity index (χ2n) is 10.5. The predicted molar refractivity (Wildman–Crippen MR) is 202 cm³/mol. The van der Waals surface area contributed by atoms with Crippen LogP contribution in [0.3, 0.4) is 0 Å². The van der Waals surface area contributed by atoms with Crippen LogP contribution in [0.25, 0.3) is 11.3 Å². The molecule has 0 bridgehead atoms. The van der Waals surface area contributed by atoms with Gasteiger partial charge in [0.1, 0.15) is 5.54 Å². The smallest absolute Gasteiger partial charge is 0.203 e. The van der Waals surface area contributed by atoms with Gasteiger partial charge in [-0.3, -0.25) is 10.4 Å². The van der Waals surface area contributed by atoms with Crippen molar-refractivity contribution in [1.82, 2.24) is 19.5 Å². The first-order valence-corrected chi connectivity index (χ1v) is 17.2. The number of hydrazone groups is 1. The molecule has 0 atom stereocenters. The van der Waals surface area contributed by atoms with Crippen molar-refractivity contribution in [3.8, 4) is 11.3 Å². The molecule has 3 aromatic heterocycles. The molecule has 7 rings (SSSR count). The molecule has 0 aliphatic heterocycles. The normalized spacial score (nSPS) is 11.4. The molecule has 0 radical (unpaired) electrons. The van der Waals surface area contributed by atoms with E-state index in [4.69, 9.17) is 11.6 Å². The van der Waals surface area contributed by atoms with Crippen LogP contribution in [0.2, 0.25) is 5.02 Å². The molecule has 0 saturated heterocycles. The van der Waals surface area contributed by atoms with Crippen LogP contribution in [-0.4, -0.2) is 25.2 Å². The van der Waals surface area contributed by atoms with Crippen LogP contribution in [0.4, 0.5) is 5.13 Å². The number of anilines is 1. The Kier molecular flexibility index (Phi) is 10.5. The quantitative estimate of drug-likeness (QED) is 0.0724. The number of rotatable bonds is 8. The average molecular weight is 765 g/mol. The number of benzene rings is 4. The summed E-state index contributed by atoms with van der Waals surface area (Å²) in [7, 11) is 0. The maximum Gasteiger partial charge on any atom is 0.203 e. The third-order valence-electron chi connectivity index (χ3n) is 7.60. The van der Waals surface area contributed by atoms with Crippen LogP contribution in [0, 0.1) is 3.57 Å². The zero-order chi connectivity index (χ0) is 32.5. The fourth-order valence-electron chi connectivity index (χ4n) is 5.35. The lowest BCUT2D eigenvalue weighted by molar-refractivity contribution is 0.515. The first kappa shape index (κ1) is 32.3. The maximum absolute atomic E-state index is 6.69. The molecule has 6 nitrogen and oxygen atoms in total. The van der Waals surface area contributed by atoms with Crippen LogP contribution in [0.1, 0.15) is 29.2 Å². The van der Waals surface area contributed by atoms with E-state index in [2.05, 4.69) is 131 Å². The monoisotopic (exact) mass is 764 g/mol. The van der Waals surface area contributed by atoms with E-state index in [9.17, 15) is 0 Å². The lowest BCUT2D eigenvalue weighted by atomic mass is 9.76. The van der Waals surface area contributed by atoms with Crippen molar-refractivity contribution in [1.29, 1.82) is 0 Å². The molecule has 47 heavy (non-hydrogen) atoms. The van der Waals surface area contributed by atoms with Gasteiger partial charge in [-0.2, -0.15) is 5.10 Å². The predicted octanol–water partition coefficient (Wildman–Crippen LogP) is 10.0. The molecule has 0 unspecified atom stereocenters. The van der Waals surface area contributed by atoms with Gasteiger partial charge >= 0.3 is 0 Å². The van der Waals surface area contributed by atoms with Crippen molar-refractivity contribution in [2.24, 2.45) is 5.10 Å². The fourth-order valence-corrected chi connectivity index (χ4v) is 6.65. The Morgan fingerprint density at radius 2 is 1.43 bits per heavy atom. The Morgan fingerprint density at radius 1 is 0.787 bits per heavy atom. The summed E-state index contributed by atoms with van der Waals surface area (Å²) in [6, 6.07) is 41.0. The number of nitrogens with zero attached hydrogens (tertiary/aromatic N) is 5. The van der Waals surface area contributed by atoms with Crippen molar-refractivity contribution in [2.45, 2.75) is 12.5 Å². The SMILES string of the molecule is C/C(=N/Nc1nc(-c2ccc(I)cc2)cs1)c1ccncc1.Clc1ccccc1C(c1ccccc1)(c1ccccc1)n1ccnc1. The molecule has 9 heteroatoms. The van der Waals surface area contributed by atoms with Gasteiger partial charge in [0.2, 0.25) is 5.13 Å². The van der Waals surface area contributed by atoms with Crippen molar-refractivity contribution < 1.29 is 0 Å². The minimum absolute atomic E-state index is 0.586. The summed E-state index contributed by atoms with van der Waals surface area (Å²) in [5.74, 6) is 0. The average Bonchev–Trinajstić information content (AvgIpc) is 3.84. The second-order valence-corrected chi connectivity index (χ2v) is 13.0. The Balaban J connectivity index is 0.000000166. The Morgan fingerprint density at radius 3 is 2.04 bits per heavy atom. The van der Waals surface area contributed by atoms with E-state index >= 15 is 0 Å². The summed E-state index contributed by atoms with van der Waals surface area (Å²) in [5, 5.41) is 7.91. The summed E-state index contributed by atoms with van der Waals surface area (Å²) in [6.07, 6.45) is 9.16. The molecule has 0 saturated carbocycles. The summed E-state index contributed by atoms with van der Waals surface area (Å²) in [5.41, 5.74) is 9.72. The number of hydrogen-bond acceptors (Lipinski definition) is 6. The molecule has 0 spiro atoms. The number of pyridine rings is 1. The van der Waals surface area contributed by atoms with Crippen LogP contribution < -0.4 is 5.43 Å². The van der Waals surface area contributed by atoms with Gasteiger partial charge in [0.25, 0.3) is 0 Å². The molecule has 0 aliphatic carbocycles. The molecule has 4 aromatic carbocycles. The standard InChI is InChI=1S/C22H17ClN2.C16H13IN4S/c23-21-14-8-7-13-20(21)22(25-16-15-24-17-25,18-9-3-1-4-10-18)19-11-5-2-6-12-19;1-11(12-6-8-18-9-7-12)20-21-16-19-15(10-22-16)13-2-4-14(17)5-3-13/h1-17H;2-10H,1H3,(H,19,21)/b;20-11-. The van der Waals surface area contributed by atoms with Crippen LogP contribution in [0.5, 0.6) is 0 Å². The van der Waals surface area contributed by atoms with E-state index in [-0.39, 0.29) is 0 Å². The molecular formula is C38H30ClIN6S. The molecule has 0 fully saturated rings. The van der Waals surface area contributed by atoms with Gasteiger partial charge in [-0.25, -0.2) is 9.97 Å². The Hall–Kier alpha value is -4.64. The Labute approximate surface area is 297 Å². The summed E-state index contributed by atoms with van der Waals surface area (Å²) < 4.78 is 3.34. The van der Waals surface area contributed by atoms with E-state index < -0.39 is 5.54 Å². The minimum Gasteiger partial charge on any atom is -0.319 e. The van der Waals surface area contributed by atoms with Gasteiger partial charge in [-0.05, 0) is 71.0 Å². The highest BCUT2D eigenvalue weighted by Gasteiger charge is 2.39. The topological polar surface area (TPSA) is 68.0 Å². The van der Waals surface area contributed by atoms with E-state index in [1.807, 2.05) is 67.3 Å². The minimum atomic E-state index is -0.586. The molecule has 232 valence electrons. The number of aromatic nitrogens is 4. The third-order valence-corrected chi connectivity index (χ3v) is 9.40. The van der Waals surface area contributed by atoms with Gasteiger partial charge in [0, 0.05) is 55.5 Å². The zero-order valence-corrected chi connectivity index (χ0v) is 29.1. The molecule has 7 aromatic rings. The van der Waals surface area contributed by atoms with Crippen LogP contribution in [0.15, 0.2) is 163 Å². The van der Waals surface area contributed by atoms with E-state index in [0.717, 1.165) is 49.4 Å². The van der Waals surface area contributed by atoms with Gasteiger partial charge in [-0.15, -0.1) is 11.3 Å². The molecule has 1 N–H and O–H groups in total. The lowest BCUT2D eigenvalue weighted by Crippen LogP contribution is -2.37. The maximum atomic E-state index is 6.69. The summed E-state index contributed by atoms with van der Waals surface area (Å²) in [4.78, 5) is 12.9. The number of hydrogen-bond donors (Lipinski definition) is 1. The summed E-state index contributed by atoms with van der Waals surface area (Å²) >= 11 is 10.5. The van der Waals surface area contributed by atoms with Crippen LogP contribution >= 0.6 is 45.5 Å². The largest absolute Gasteiger partial charge is 0.319 e. The highest BCUT2D eigenvalue weighted by molar-refractivity contribution is 14.1. The fraction of sp³-hybridized carbons (Fsp3) is 0.0526. The molecule has 3 heterocycles. The van der Waals surface area contributed by atoms with Crippen molar-refractivity contribution in [3.05, 3.63) is 189 Å². The van der Waals surface area contributed by atoms with E-state index in [1.165, 1.54) is 3.57 Å². The number of nitrogens with one attached hydrogen (secondary N) is 1. The highest BCUT2D eigenvalue weighted by Crippen LogP contribution is 2.43. The van der Waals surface area contributed by atoms with Gasteiger partial charge in [0.15, 0.2) is 0 Å². The van der Waals surface area contributed by atoms with Crippen molar-refractivity contribution in [3.63, 3.8) is 0 Å². The highest BCUT2D eigenvalue weighted by atomic mass is 127. The number of halogens is 2. The van der Waals surface area contributed by atoms with Crippen molar-refractivity contribution in [2.75, 3.05) is 5.43 Å².